The fourth-order valence-corrected chi connectivity index (χ4v) is 2.36. The molecule has 0 heterocycles. The van der Waals surface area contributed by atoms with Crippen LogP contribution in [0.5, 0.6) is 5.75 Å². The van der Waals surface area contributed by atoms with Gasteiger partial charge in [-0.05, 0) is 47.4 Å². The third kappa shape index (κ3) is 5.89. The van der Waals surface area contributed by atoms with Crippen LogP contribution in [0.2, 0.25) is 0 Å². The van der Waals surface area contributed by atoms with Crippen molar-refractivity contribution in [3.63, 3.8) is 0 Å². The Morgan fingerprint density at radius 1 is 1.04 bits per heavy atom. The van der Waals surface area contributed by atoms with Crippen LogP contribution in [0.4, 0.5) is 10.5 Å². The first-order valence-electron chi connectivity index (χ1n) is 7.88. The minimum Gasteiger partial charge on any atom is -0.492 e. The van der Waals surface area contributed by atoms with Crippen LogP contribution in [0.25, 0.3) is 0 Å². The van der Waals surface area contributed by atoms with Gasteiger partial charge in [0.25, 0.3) is 0 Å². The number of hydrogen-bond acceptors (Lipinski definition) is 2. The number of ether oxygens (including phenoxy) is 1. The predicted octanol–water partition coefficient (Wildman–Crippen LogP) is 4.95. The molecule has 2 N–H and O–H groups in total. The van der Waals surface area contributed by atoms with Crippen molar-refractivity contribution in [1.29, 1.82) is 0 Å². The molecule has 0 aromatic heterocycles. The van der Waals surface area contributed by atoms with E-state index in [4.69, 9.17) is 4.74 Å². The maximum absolute atomic E-state index is 11.9. The molecule has 2 aromatic carbocycles. The summed E-state index contributed by atoms with van der Waals surface area (Å²) in [6.45, 7) is 7.33. The number of benzene rings is 2. The number of anilines is 1. The molecule has 2 rings (SSSR count). The first-order valence-corrected chi connectivity index (χ1v) is 8.68. The summed E-state index contributed by atoms with van der Waals surface area (Å²) in [5.41, 5.74) is 2.11. The summed E-state index contributed by atoms with van der Waals surface area (Å²) in [7, 11) is 0. The molecule has 0 aliphatic carbocycles. The van der Waals surface area contributed by atoms with Gasteiger partial charge in [-0.2, -0.15) is 0 Å². The highest BCUT2D eigenvalue weighted by Gasteiger charge is 2.13. The van der Waals surface area contributed by atoms with Gasteiger partial charge in [-0.3, -0.25) is 0 Å². The van der Waals surface area contributed by atoms with Crippen molar-refractivity contribution in [3.05, 3.63) is 58.6 Å². The Bertz CT molecular complexity index is 661. The van der Waals surface area contributed by atoms with Crippen molar-refractivity contribution in [2.24, 2.45) is 0 Å². The van der Waals surface area contributed by atoms with Crippen molar-refractivity contribution < 1.29 is 9.53 Å². The van der Waals surface area contributed by atoms with Gasteiger partial charge in [-0.15, -0.1) is 0 Å². The standard InChI is InChI=1S/C19H23BrN2O2/c1-19(2,3)14-4-8-16(9-5-14)22-18(23)21-12-13-24-17-10-6-15(20)7-11-17/h4-11H,12-13H2,1-3H3,(H2,21,22,23). The minimum atomic E-state index is -0.238. The number of hydrogen-bond donors (Lipinski definition) is 2. The zero-order chi connectivity index (χ0) is 17.6. The van der Waals surface area contributed by atoms with Crippen molar-refractivity contribution >= 4 is 27.6 Å². The Hall–Kier alpha value is -2.01. The average Bonchev–Trinajstić information content (AvgIpc) is 2.53. The van der Waals surface area contributed by atoms with Gasteiger partial charge in [0.2, 0.25) is 0 Å². The van der Waals surface area contributed by atoms with E-state index in [0.29, 0.717) is 13.2 Å². The van der Waals surface area contributed by atoms with Crippen molar-refractivity contribution in [3.8, 4) is 5.75 Å². The molecular formula is C19H23BrN2O2. The molecule has 0 fully saturated rings. The Morgan fingerprint density at radius 3 is 2.25 bits per heavy atom. The monoisotopic (exact) mass is 390 g/mol. The predicted molar refractivity (Wildman–Crippen MR) is 102 cm³/mol. The van der Waals surface area contributed by atoms with Crippen LogP contribution in [-0.2, 0) is 5.41 Å². The lowest BCUT2D eigenvalue weighted by molar-refractivity contribution is 0.247. The maximum atomic E-state index is 11.9. The van der Waals surface area contributed by atoms with Crippen LogP contribution in [0.1, 0.15) is 26.3 Å². The molecule has 2 aromatic rings. The Morgan fingerprint density at radius 2 is 1.67 bits per heavy atom. The quantitative estimate of drug-likeness (QED) is 0.709. The fourth-order valence-electron chi connectivity index (χ4n) is 2.09. The second kappa shape index (κ2) is 8.20. The summed E-state index contributed by atoms with van der Waals surface area (Å²) in [6, 6.07) is 15.2. The first kappa shape index (κ1) is 18.3. The van der Waals surface area contributed by atoms with Crippen molar-refractivity contribution in [1.82, 2.24) is 5.32 Å². The average molecular weight is 391 g/mol. The second-order valence-corrected chi connectivity index (χ2v) is 7.43. The van der Waals surface area contributed by atoms with Crippen LogP contribution in [0.15, 0.2) is 53.0 Å². The number of nitrogens with one attached hydrogen (secondary N) is 2. The van der Waals surface area contributed by atoms with Crippen molar-refractivity contribution in [2.45, 2.75) is 26.2 Å². The van der Waals surface area contributed by atoms with E-state index in [1.54, 1.807) is 0 Å². The summed E-state index contributed by atoms with van der Waals surface area (Å²) in [4.78, 5) is 11.9. The molecule has 0 unspecified atom stereocenters. The molecule has 0 radical (unpaired) electrons. The SMILES string of the molecule is CC(C)(C)c1ccc(NC(=O)NCCOc2ccc(Br)cc2)cc1. The van der Waals surface area contributed by atoms with Gasteiger partial charge >= 0.3 is 6.03 Å². The van der Waals surface area contributed by atoms with E-state index in [2.05, 4.69) is 47.3 Å². The third-order valence-electron chi connectivity index (χ3n) is 3.48. The van der Waals surface area contributed by atoms with E-state index in [1.165, 1.54) is 5.56 Å². The molecule has 128 valence electrons. The maximum Gasteiger partial charge on any atom is 0.319 e. The van der Waals surface area contributed by atoms with E-state index in [1.807, 2.05) is 48.5 Å². The molecule has 0 bridgehead atoms. The minimum absolute atomic E-state index is 0.102. The van der Waals surface area contributed by atoms with Crippen LogP contribution in [0, 0.1) is 0 Å². The zero-order valence-electron chi connectivity index (χ0n) is 14.2. The highest BCUT2D eigenvalue weighted by atomic mass is 79.9. The zero-order valence-corrected chi connectivity index (χ0v) is 15.8. The molecule has 0 saturated heterocycles. The number of urea groups is 1. The Labute approximate surface area is 151 Å². The molecule has 0 aliphatic heterocycles. The first-order chi connectivity index (χ1) is 11.3. The van der Waals surface area contributed by atoms with Gasteiger partial charge in [0, 0.05) is 10.2 Å². The molecule has 0 aliphatic rings. The van der Waals surface area contributed by atoms with Crippen molar-refractivity contribution in [2.75, 3.05) is 18.5 Å². The highest BCUT2D eigenvalue weighted by Crippen LogP contribution is 2.23. The molecule has 4 nitrogen and oxygen atoms in total. The number of carbonyl (C=O) groups excluding carboxylic acids is 1. The topological polar surface area (TPSA) is 50.4 Å². The number of carbonyl (C=O) groups is 1. The highest BCUT2D eigenvalue weighted by molar-refractivity contribution is 9.10. The molecule has 2 amide bonds. The summed E-state index contributed by atoms with van der Waals surface area (Å²) >= 11 is 3.37. The molecule has 5 heteroatoms. The van der Waals surface area contributed by atoms with E-state index in [-0.39, 0.29) is 11.4 Å². The summed E-state index contributed by atoms with van der Waals surface area (Å²) in [6.07, 6.45) is 0. The van der Waals surface area contributed by atoms with E-state index in [0.717, 1.165) is 15.9 Å². The van der Waals surface area contributed by atoms with Crippen LogP contribution in [-0.4, -0.2) is 19.2 Å². The number of halogens is 1. The Kier molecular flexibility index (Phi) is 6.26. The van der Waals surface area contributed by atoms with Gasteiger partial charge in [0.15, 0.2) is 0 Å². The van der Waals surface area contributed by atoms with E-state index >= 15 is 0 Å². The van der Waals surface area contributed by atoms with E-state index < -0.39 is 0 Å². The fraction of sp³-hybridized carbons (Fsp3) is 0.316. The van der Waals surface area contributed by atoms with Gasteiger partial charge in [-0.25, -0.2) is 4.79 Å². The molecule has 0 spiro atoms. The normalized spacial score (nSPS) is 11.0. The largest absolute Gasteiger partial charge is 0.492 e. The lowest BCUT2D eigenvalue weighted by Crippen LogP contribution is -2.32. The summed E-state index contributed by atoms with van der Waals surface area (Å²) in [5, 5.41) is 5.59. The van der Waals surface area contributed by atoms with Gasteiger partial charge in [0.05, 0.1) is 6.54 Å². The van der Waals surface area contributed by atoms with Gasteiger partial charge in [-0.1, -0.05) is 48.8 Å². The van der Waals surface area contributed by atoms with E-state index in [9.17, 15) is 4.79 Å². The molecular weight excluding hydrogens is 368 g/mol. The number of rotatable bonds is 5. The number of amides is 2. The van der Waals surface area contributed by atoms with Gasteiger partial charge in [0.1, 0.15) is 12.4 Å². The van der Waals surface area contributed by atoms with Crippen LogP contribution < -0.4 is 15.4 Å². The van der Waals surface area contributed by atoms with Crippen LogP contribution in [0.3, 0.4) is 0 Å². The summed E-state index contributed by atoms with van der Waals surface area (Å²) < 4.78 is 6.56. The Balaban J connectivity index is 1.72. The van der Waals surface area contributed by atoms with Gasteiger partial charge < -0.3 is 15.4 Å². The molecule has 0 saturated carbocycles. The molecule has 0 atom stereocenters. The lowest BCUT2D eigenvalue weighted by atomic mass is 9.87. The second-order valence-electron chi connectivity index (χ2n) is 6.51. The smallest absolute Gasteiger partial charge is 0.319 e. The molecule has 24 heavy (non-hydrogen) atoms. The lowest BCUT2D eigenvalue weighted by Gasteiger charge is -2.19. The summed E-state index contributed by atoms with van der Waals surface area (Å²) in [5.74, 6) is 0.776. The third-order valence-corrected chi connectivity index (χ3v) is 4.01. The van der Waals surface area contributed by atoms with Crippen LogP contribution >= 0.6 is 15.9 Å².